The van der Waals surface area contributed by atoms with Crippen LogP contribution in [0.2, 0.25) is 0 Å². The van der Waals surface area contributed by atoms with Crippen molar-refractivity contribution >= 4 is 0 Å². The van der Waals surface area contributed by atoms with Crippen molar-refractivity contribution in [3.8, 4) is 12.3 Å². The standard InChI is InChI=1S/C15H22O/c1-2-15(16)13-9-5-3-7-11(13)12-8-4-6-10-14(12)15/h1,11-14,16H,3-10H2. The van der Waals surface area contributed by atoms with Gasteiger partial charge in [0.1, 0.15) is 5.60 Å². The van der Waals surface area contributed by atoms with Gasteiger partial charge in [0.15, 0.2) is 0 Å². The Morgan fingerprint density at radius 1 is 0.875 bits per heavy atom. The Labute approximate surface area is 98.6 Å². The van der Waals surface area contributed by atoms with Gasteiger partial charge in [-0.2, -0.15) is 0 Å². The van der Waals surface area contributed by atoms with Crippen LogP contribution < -0.4 is 0 Å². The maximum atomic E-state index is 10.9. The van der Waals surface area contributed by atoms with Crippen molar-refractivity contribution in [1.82, 2.24) is 0 Å². The molecule has 3 aliphatic rings. The van der Waals surface area contributed by atoms with Gasteiger partial charge in [-0.1, -0.05) is 31.6 Å². The first-order valence-corrected chi connectivity index (χ1v) is 6.97. The predicted molar refractivity (Wildman–Crippen MR) is 64.7 cm³/mol. The first kappa shape index (κ1) is 10.7. The molecule has 3 rings (SSSR count). The largest absolute Gasteiger partial charge is 0.377 e. The molecule has 1 heteroatoms. The molecule has 3 saturated carbocycles. The first-order valence-electron chi connectivity index (χ1n) is 6.97. The molecule has 0 amide bonds. The van der Waals surface area contributed by atoms with Gasteiger partial charge in [0.25, 0.3) is 0 Å². The van der Waals surface area contributed by atoms with E-state index in [1.807, 2.05) is 0 Å². The van der Waals surface area contributed by atoms with E-state index in [1.54, 1.807) is 0 Å². The normalized spacial score (nSPS) is 51.5. The Kier molecular flexibility index (Phi) is 2.51. The SMILES string of the molecule is C#CC1(O)C2CCCCC2C2CCCCC21. The van der Waals surface area contributed by atoms with Crippen LogP contribution in [-0.2, 0) is 0 Å². The van der Waals surface area contributed by atoms with Crippen LogP contribution in [0.5, 0.6) is 0 Å². The molecule has 0 radical (unpaired) electrons. The average molecular weight is 218 g/mol. The summed E-state index contributed by atoms with van der Waals surface area (Å²) in [6.07, 6.45) is 15.9. The van der Waals surface area contributed by atoms with E-state index in [0.717, 1.165) is 11.8 Å². The lowest BCUT2D eigenvalue weighted by atomic mass is 9.73. The zero-order valence-corrected chi connectivity index (χ0v) is 9.99. The third kappa shape index (κ3) is 1.29. The summed E-state index contributed by atoms with van der Waals surface area (Å²) in [5.41, 5.74) is -0.754. The molecule has 4 unspecified atom stereocenters. The van der Waals surface area contributed by atoms with Gasteiger partial charge in [0.2, 0.25) is 0 Å². The number of aliphatic hydroxyl groups is 1. The average Bonchev–Trinajstić information content (AvgIpc) is 2.62. The predicted octanol–water partition coefficient (Wildman–Crippen LogP) is 2.98. The summed E-state index contributed by atoms with van der Waals surface area (Å²) in [7, 11) is 0. The van der Waals surface area contributed by atoms with Crippen LogP contribution in [0.1, 0.15) is 51.4 Å². The van der Waals surface area contributed by atoms with Crippen LogP contribution >= 0.6 is 0 Å². The molecule has 0 aromatic rings. The maximum absolute atomic E-state index is 10.9. The fourth-order valence-electron chi connectivity index (χ4n) is 4.93. The molecule has 0 aliphatic heterocycles. The Morgan fingerprint density at radius 3 is 1.75 bits per heavy atom. The molecule has 16 heavy (non-hydrogen) atoms. The molecule has 0 saturated heterocycles. The minimum Gasteiger partial charge on any atom is -0.377 e. The molecule has 4 atom stereocenters. The Morgan fingerprint density at radius 2 is 1.31 bits per heavy atom. The van der Waals surface area contributed by atoms with Gasteiger partial charge >= 0.3 is 0 Å². The van der Waals surface area contributed by atoms with Crippen LogP contribution in [0.15, 0.2) is 0 Å². The topological polar surface area (TPSA) is 20.2 Å². The van der Waals surface area contributed by atoms with E-state index in [1.165, 1.54) is 51.4 Å². The quantitative estimate of drug-likeness (QED) is 0.620. The second-order valence-electron chi connectivity index (χ2n) is 6.08. The van der Waals surface area contributed by atoms with Crippen molar-refractivity contribution in [3.05, 3.63) is 0 Å². The lowest BCUT2D eigenvalue weighted by molar-refractivity contribution is -0.00566. The van der Waals surface area contributed by atoms with Gasteiger partial charge in [0.05, 0.1) is 0 Å². The number of terminal acetylenes is 1. The molecule has 0 aromatic heterocycles. The summed E-state index contributed by atoms with van der Waals surface area (Å²) in [5.74, 6) is 5.10. The zero-order chi connectivity index (χ0) is 11.2. The molecular formula is C15H22O. The summed E-state index contributed by atoms with van der Waals surface area (Å²) in [6.45, 7) is 0. The van der Waals surface area contributed by atoms with E-state index >= 15 is 0 Å². The van der Waals surface area contributed by atoms with Crippen molar-refractivity contribution in [2.45, 2.75) is 57.0 Å². The molecule has 0 spiro atoms. The van der Waals surface area contributed by atoms with Crippen LogP contribution in [-0.4, -0.2) is 10.7 Å². The first-order chi connectivity index (χ1) is 7.77. The van der Waals surface area contributed by atoms with E-state index in [-0.39, 0.29) is 0 Å². The van der Waals surface area contributed by atoms with Crippen LogP contribution in [0.4, 0.5) is 0 Å². The van der Waals surface area contributed by atoms with Crippen molar-refractivity contribution in [2.75, 3.05) is 0 Å². The highest BCUT2D eigenvalue weighted by Crippen LogP contribution is 2.58. The highest BCUT2D eigenvalue weighted by atomic mass is 16.3. The Balaban J connectivity index is 1.96. The van der Waals surface area contributed by atoms with E-state index in [9.17, 15) is 5.11 Å². The fourth-order valence-corrected chi connectivity index (χ4v) is 4.93. The summed E-state index contributed by atoms with van der Waals surface area (Å²) in [6, 6.07) is 0. The zero-order valence-electron chi connectivity index (χ0n) is 9.99. The Bertz CT molecular complexity index is 292. The van der Waals surface area contributed by atoms with Gasteiger partial charge in [-0.15, -0.1) is 6.42 Å². The van der Waals surface area contributed by atoms with Gasteiger partial charge in [0, 0.05) is 11.8 Å². The molecule has 0 aromatic carbocycles. The van der Waals surface area contributed by atoms with Gasteiger partial charge in [-0.25, -0.2) is 0 Å². The van der Waals surface area contributed by atoms with Crippen LogP contribution in [0.25, 0.3) is 0 Å². The van der Waals surface area contributed by atoms with E-state index in [4.69, 9.17) is 6.42 Å². The minimum atomic E-state index is -0.754. The number of hydrogen-bond acceptors (Lipinski definition) is 1. The van der Waals surface area contributed by atoms with Crippen molar-refractivity contribution in [1.29, 1.82) is 0 Å². The molecule has 0 heterocycles. The van der Waals surface area contributed by atoms with Crippen molar-refractivity contribution in [2.24, 2.45) is 23.7 Å². The molecule has 1 N–H and O–H groups in total. The van der Waals surface area contributed by atoms with Gasteiger partial charge in [-0.3, -0.25) is 0 Å². The van der Waals surface area contributed by atoms with Crippen LogP contribution in [0.3, 0.4) is 0 Å². The third-order valence-corrected chi connectivity index (χ3v) is 5.55. The molecule has 88 valence electrons. The summed E-state index contributed by atoms with van der Waals surface area (Å²) >= 11 is 0. The molecule has 3 aliphatic carbocycles. The van der Waals surface area contributed by atoms with E-state index in [0.29, 0.717) is 11.8 Å². The molecule has 1 nitrogen and oxygen atoms in total. The second-order valence-corrected chi connectivity index (χ2v) is 6.08. The fraction of sp³-hybridized carbons (Fsp3) is 0.867. The summed E-state index contributed by atoms with van der Waals surface area (Å²) < 4.78 is 0. The van der Waals surface area contributed by atoms with E-state index < -0.39 is 5.60 Å². The third-order valence-electron chi connectivity index (χ3n) is 5.55. The van der Waals surface area contributed by atoms with Gasteiger partial charge < -0.3 is 5.11 Å². The monoisotopic (exact) mass is 218 g/mol. The Hall–Kier alpha value is -0.480. The maximum Gasteiger partial charge on any atom is 0.131 e. The lowest BCUT2D eigenvalue weighted by Gasteiger charge is -2.34. The number of hydrogen-bond donors (Lipinski definition) is 1. The lowest BCUT2D eigenvalue weighted by Crippen LogP contribution is -2.41. The highest BCUT2D eigenvalue weighted by Gasteiger charge is 2.58. The number of fused-ring (bicyclic) bond motifs is 3. The highest BCUT2D eigenvalue weighted by molar-refractivity contribution is 5.21. The molecule has 0 bridgehead atoms. The van der Waals surface area contributed by atoms with E-state index in [2.05, 4.69) is 5.92 Å². The van der Waals surface area contributed by atoms with Crippen molar-refractivity contribution < 1.29 is 5.11 Å². The van der Waals surface area contributed by atoms with Crippen molar-refractivity contribution in [3.63, 3.8) is 0 Å². The molecular weight excluding hydrogens is 196 g/mol. The number of rotatable bonds is 0. The smallest absolute Gasteiger partial charge is 0.131 e. The minimum absolute atomic E-state index is 0.416. The second kappa shape index (κ2) is 3.77. The summed E-state index contributed by atoms with van der Waals surface area (Å²) in [5, 5.41) is 10.9. The molecule has 3 fully saturated rings. The summed E-state index contributed by atoms with van der Waals surface area (Å²) in [4.78, 5) is 0. The van der Waals surface area contributed by atoms with Crippen LogP contribution in [0, 0.1) is 36.0 Å². The van der Waals surface area contributed by atoms with Gasteiger partial charge in [-0.05, 0) is 37.5 Å².